The van der Waals surface area contributed by atoms with Crippen molar-refractivity contribution in [3.63, 3.8) is 0 Å². The second-order valence-electron chi connectivity index (χ2n) is 7.90. The highest BCUT2D eigenvalue weighted by molar-refractivity contribution is 5.95. The van der Waals surface area contributed by atoms with Crippen LogP contribution in [-0.4, -0.2) is 90.6 Å². The fourth-order valence-corrected chi connectivity index (χ4v) is 3.79. The number of hydrogen-bond acceptors (Lipinski definition) is 5. The number of aliphatic carboxylic acids is 1. The van der Waals surface area contributed by atoms with E-state index in [1.54, 1.807) is 6.07 Å². The number of furan rings is 1. The Balaban J connectivity index is 0.000000396. The third-order valence-corrected chi connectivity index (χ3v) is 5.57. The number of rotatable bonds is 4. The van der Waals surface area contributed by atoms with E-state index in [9.17, 15) is 22.8 Å². The summed E-state index contributed by atoms with van der Waals surface area (Å²) in [6, 6.07) is 1.68. The summed E-state index contributed by atoms with van der Waals surface area (Å²) in [5.41, 5.74) is 0.162. The van der Waals surface area contributed by atoms with Gasteiger partial charge in [-0.1, -0.05) is 6.92 Å². The average molecular weight is 433 g/mol. The lowest BCUT2D eigenvalue weighted by molar-refractivity contribution is -0.192. The molecule has 2 atom stereocenters. The van der Waals surface area contributed by atoms with Crippen LogP contribution in [0.2, 0.25) is 0 Å². The molecule has 0 radical (unpaired) electrons. The van der Waals surface area contributed by atoms with Crippen molar-refractivity contribution >= 4 is 17.8 Å². The molecule has 2 aliphatic heterocycles. The molecule has 2 aliphatic rings. The number of carbonyl (C=O) groups is 3. The summed E-state index contributed by atoms with van der Waals surface area (Å²) in [6.45, 7) is 5.68. The Morgan fingerprint density at radius 1 is 1.37 bits per heavy atom. The van der Waals surface area contributed by atoms with Crippen LogP contribution >= 0.6 is 0 Å². The fraction of sp³-hybridized carbons (Fsp3) is 0.632. The normalized spacial score (nSPS) is 23.8. The first kappa shape index (κ1) is 23.7. The number of carboxylic acids is 1. The molecule has 1 spiro atoms. The fourth-order valence-electron chi connectivity index (χ4n) is 3.79. The molecule has 3 heterocycles. The topological polar surface area (TPSA) is 94.3 Å². The van der Waals surface area contributed by atoms with Crippen molar-refractivity contribution in [3.05, 3.63) is 24.2 Å². The molecule has 1 N–H and O–H groups in total. The molecule has 0 aromatic carbocycles. The van der Waals surface area contributed by atoms with Crippen LogP contribution in [0.5, 0.6) is 0 Å². The Morgan fingerprint density at radius 3 is 2.50 bits per heavy atom. The molecule has 1 aromatic rings. The highest BCUT2D eigenvalue weighted by atomic mass is 19.4. The van der Waals surface area contributed by atoms with Crippen LogP contribution in [0.15, 0.2) is 23.0 Å². The maximum Gasteiger partial charge on any atom is 0.490 e. The highest BCUT2D eigenvalue weighted by Crippen LogP contribution is 2.44. The van der Waals surface area contributed by atoms with Crippen LogP contribution in [0.25, 0.3) is 0 Å². The molecule has 168 valence electrons. The van der Waals surface area contributed by atoms with Gasteiger partial charge < -0.3 is 24.2 Å². The number of amides is 2. The lowest BCUT2D eigenvalue weighted by Crippen LogP contribution is -2.42. The van der Waals surface area contributed by atoms with Crippen molar-refractivity contribution in [1.29, 1.82) is 0 Å². The second kappa shape index (κ2) is 9.07. The van der Waals surface area contributed by atoms with E-state index in [1.807, 2.05) is 23.9 Å². The number of carbonyl (C=O) groups excluding carboxylic acids is 2. The number of likely N-dealkylation sites (tertiary alicyclic amines) is 2. The Hall–Kier alpha value is -2.56. The molecule has 0 bridgehead atoms. The number of alkyl halides is 3. The molecular formula is C19H26F3N3O5. The smallest absolute Gasteiger partial charge is 0.475 e. The van der Waals surface area contributed by atoms with Crippen LogP contribution in [0.3, 0.4) is 0 Å². The zero-order valence-corrected chi connectivity index (χ0v) is 17.1. The van der Waals surface area contributed by atoms with Crippen LogP contribution < -0.4 is 0 Å². The monoisotopic (exact) mass is 433 g/mol. The maximum absolute atomic E-state index is 13.0. The number of nitrogens with zero attached hydrogens (tertiary/aromatic N) is 3. The first-order valence-electron chi connectivity index (χ1n) is 9.44. The number of carboxylic acid groups (broad SMARTS) is 1. The number of halogens is 3. The molecule has 2 fully saturated rings. The van der Waals surface area contributed by atoms with Gasteiger partial charge in [-0.05, 0) is 32.5 Å². The molecule has 30 heavy (non-hydrogen) atoms. The van der Waals surface area contributed by atoms with E-state index in [2.05, 4.69) is 11.8 Å². The second-order valence-corrected chi connectivity index (χ2v) is 7.90. The van der Waals surface area contributed by atoms with Gasteiger partial charge in [0.15, 0.2) is 0 Å². The van der Waals surface area contributed by atoms with Crippen molar-refractivity contribution in [1.82, 2.24) is 14.7 Å². The van der Waals surface area contributed by atoms with Gasteiger partial charge in [-0.25, -0.2) is 4.79 Å². The average Bonchev–Trinajstić information content (AvgIpc) is 3.35. The predicted molar refractivity (Wildman–Crippen MR) is 99.7 cm³/mol. The molecule has 2 saturated heterocycles. The van der Waals surface area contributed by atoms with Crippen molar-refractivity contribution in [2.24, 2.45) is 11.3 Å². The maximum atomic E-state index is 13.0. The zero-order valence-electron chi connectivity index (χ0n) is 17.1. The Morgan fingerprint density at radius 2 is 2.00 bits per heavy atom. The van der Waals surface area contributed by atoms with Gasteiger partial charge in [-0.15, -0.1) is 0 Å². The molecule has 1 aromatic heterocycles. The summed E-state index contributed by atoms with van der Waals surface area (Å²) in [5, 5.41) is 7.12. The van der Waals surface area contributed by atoms with Crippen molar-refractivity contribution in [2.75, 3.05) is 46.8 Å². The van der Waals surface area contributed by atoms with Gasteiger partial charge in [0.05, 0.1) is 17.2 Å². The van der Waals surface area contributed by atoms with Gasteiger partial charge in [-0.3, -0.25) is 9.59 Å². The molecule has 8 nitrogen and oxygen atoms in total. The van der Waals surface area contributed by atoms with Gasteiger partial charge in [-0.2, -0.15) is 13.2 Å². The third-order valence-electron chi connectivity index (χ3n) is 5.57. The minimum Gasteiger partial charge on any atom is -0.475 e. The molecular weight excluding hydrogens is 407 g/mol. The van der Waals surface area contributed by atoms with Crippen LogP contribution in [0.4, 0.5) is 13.2 Å². The Bertz CT molecular complexity index is 766. The summed E-state index contributed by atoms with van der Waals surface area (Å²) in [6.07, 6.45) is -1.26. The number of hydrogen-bond donors (Lipinski definition) is 1. The summed E-state index contributed by atoms with van der Waals surface area (Å²) in [5.74, 6) is -2.39. The van der Waals surface area contributed by atoms with Gasteiger partial charge in [0.25, 0.3) is 5.91 Å². The van der Waals surface area contributed by atoms with E-state index in [0.29, 0.717) is 18.7 Å². The minimum absolute atomic E-state index is 0.0398. The summed E-state index contributed by atoms with van der Waals surface area (Å²) >= 11 is 0. The van der Waals surface area contributed by atoms with E-state index >= 15 is 0 Å². The lowest BCUT2D eigenvalue weighted by atomic mass is 9.78. The molecule has 11 heteroatoms. The van der Waals surface area contributed by atoms with E-state index < -0.39 is 17.6 Å². The van der Waals surface area contributed by atoms with E-state index in [4.69, 9.17) is 14.3 Å². The molecule has 2 amide bonds. The Kier molecular flexibility index (Phi) is 7.17. The molecule has 0 aliphatic carbocycles. The van der Waals surface area contributed by atoms with Crippen LogP contribution in [-0.2, 0) is 9.59 Å². The van der Waals surface area contributed by atoms with Gasteiger partial charge in [0.2, 0.25) is 5.91 Å². The SMILES string of the molecule is C[C@H]1CN(C(=O)c2ccoc2)C[C@@]12CCN(CCN(C)C)C2=O.O=C(O)C(F)(F)F. The standard InChI is InChI=1S/C17H25N3O3.C2HF3O2/c1-13-10-20(15(21)14-4-9-23-11-14)12-17(13)5-6-19(16(17)22)8-7-18(2)3;3-2(4,5)1(6)7/h4,9,11,13H,5-8,10,12H2,1-3H3;(H,6,7)/t13-,17-;/m0./s1. The van der Waals surface area contributed by atoms with Crippen molar-refractivity contribution < 1.29 is 37.1 Å². The first-order chi connectivity index (χ1) is 13.9. The van der Waals surface area contributed by atoms with E-state index in [-0.39, 0.29) is 17.7 Å². The summed E-state index contributed by atoms with van der Waals surface area (Å²) in [4.78, 5) is 40.2. The predicted octanol–water partition coefficient (Wildman–Crippen LogP) is 1.79. The van der Waals surface area contributed by atoms with Crippen LogP contribution in [0, 0.1) is 11.3 Å². The zero-order chi connectivity index (χ0) is 22.7. The molecule has 3 rings (SSSR count). The van der Waals surface area contributed by atoms with Crippen LogP contribution in [0.1, 0.15) is 23.7 Å². The van der Waals surface area contributed by atoms with Crippen molar-refractivity contribution in [2.45, 2.75) is 19.5 Å². The largest absolute Gasteiger partial charge is 0.490 e. The lowest BCUT2D eigenvalue weighted by Gasteiger charge is -2.27. The first-order valence-corrected chi connectivity index (χ1v) is 9.44. The van der Waals surface area contributed by atoms with Gasteiger partial charge in [0.1, 0.15) is 6.26 Å². The summed E-state index contributed by atoms with van der Waals surface area (Å²) in [7, 11) is 4.03. The quantitative estimate of drug-likeness (QED) is 0.778. The van der Waals surface area contributed by atoms with E-state index in [0.717, 1.165) is 26.1 Å². The van der Waals surface area contributed by atoms with Gasteiger partial charge in [0, 0.05) is 32.7 Å². The minimum atomic E-state index is -5.08. The van der Waals surface area contributed by atoms with Crippen molar-refractivity contribution in [3.8, 4) is 0 Å². The van der Waals surface area contributed by atoms with E-state index in [1.165, 1.54) is 12.5 Å². The highest BCUT2D eigenvalue weighted by Gasteiger charge is 2.55. The van der Waals surface area contributed by atoms with Gasteiger partial charge >= 0.3 is 12.1 Å². The summed E-state index contributed by atoms with van der Waals surface area (Å²) < 4.78 is 36.7. The number of likely N-dealkylation sites (N-methyl/N-ethyl adjacent to an activating group) is 1. The molecule has 0 unspecified atom stereocenters. The Labute approximate surface area is 172 Å². The molecule has 0 saturated carbocycles. The third kappa shape index (κ3) is 5.13.